The maximum atomic E-state index is 13.0. The van der Waals surface area contributed by atoms with Crippen LogP contribution < -0.4 is 9.46 Å². The van der Waals surface area contributed by atoms with Crippen LogP contribution in [-0.2, 0) is 15.6 Å². The van der Waals surface area contributed by atoms with E-state index in [1.165, 1.54) is 12.1 Å². The molecule has 4 aromatic rings. The molecule has 2 N–H and O–H groups in total. The van der Waals surface area contributed by atoms with Crippen LogP contribution in [0.2, 0.25) is 0 Å². The Labute approximate surface area is 216 Å². The Morgan fingerprint density at radius 2 is 1.54 bits per heavy atom. The molecule has 4 aromatic carbocycles. The van der Waals surface area contributed by atoms with Gasteiger partial charge in [0.05, 0.1) is 17.7 Å². The summed E-state index contributed by atoms with van der Waals surface area (Å²) in [7, 11) is -2.28. The van der Waals surface area contributed by atoms with Crippen LogP contribution in [0.3, 0.4) is 0 Å². The van der Waals surface area contributed by atoms with Crippen molar-refractivity contribution in [1.29, 1.82) is 0 Å². The number of methoxy groups -OCH3 is 1. The molecule has 1 aliphatic rings. The van der Waals surface area contributed by atoms with Crippen LogP contribution in [0, 0.1) is 0 Å². The fraction of sp³-hybridized carbons (Fsp3) is 0.100. The fourth-order valence-electron chi connectivity index (χ4n) is 4.44. The fourth-order valence-corrected chi connectivity index (χ4v) is 5.53. The van der Waals surface area contributed by atoms with Gasteiger partial charge in [0, 0.05) is 17.8 Å². The number of aliphatic hydroxyl groups is 1. The smallest absolute Gasteiger partial charge is 0.261 e. The molecule has 0 radical (unpaired) electrons. The standard InChI is InChI=1S/C30H26N2O4S/c1-36-27-17-15-24(16-18-27)32-37(34,35)28-14-8-13-25(19-28)31-26-20-29(22-9-4-2-5-10-22)30(33,21-26)23-11-6-3-7-12-23/h2-20,32-33H,21H2,1H3. The molecule has 7 heteroatoms. The highest BCUT2D eigenvalue weighted by Crippen LogP contribution is 2.44. The zero-order valence-corrected chi connectivity index (χ0v) is 21.0. The van der Waals surface area contributed by atoms with Crippen LogP contribution in [0.1, 0.15) is 17.5 Å². The Bertz CT molecular complexity index is 1570. The number of nitrogens with one attached hydrogen (secondary N) is 1. The summed E-state index contributed by atoms with van der Waals surface area (Å²) in [6.07, 6.45) is 2.15. The quantitative estimate of drug-likeness (QED) is 0.322. The van der Waals surface area contributed by atoms with Gasteiger partial charge >= 0.3 is 0 Å². The number of anilines is 1. The molecule has 5 rings (SSSR count). The first-order chi connectivity index (χ1) is 17.9. The van der Waals surface area contributed by atoms with Gasteiger partial charge in [-0.2, -0.15) is 0 Å². The van der Waals surface area contributed by atoms with Gasteiger partial charge in [-0.3, -0.25) is 9.71 Å². The average Bonchev–Trinajstić information content (AvgIpc) is 3.27. The van der Waals surface area contributed by atoms with E-state index in [4.69, 9.17) is 9.73 Å². The highest BCUT2D eigenvalue weighted by Gasteiger charge is 2.40. The van der Waals surface area contributed by atoms with Gasteiger partial charge in [-0.25, -0.2) is 8.42 Å². The molecule has 37 heavy (non-hydrogen) atoms. The zero-order chi connectivity index (χ0) is 25.9. The lowest BCUT2D eigenvalue weighted by Gasteiger charge is -2.27. The van der Waals surface area contributed by atoms with Gasteiger partial charge in [-0.05, 0) is 65.2 Å². The zero-order valence-electron chi connectivity index (χ0n) is 20.2. The molecule has 0 aliphatic heterocycles. The third kappa shape index (κ3) is 5.18. The molecule has 0 saturated heterocycles. The van der Waals surface area contributed by atoms with Crippen molar-refractivity contribution in [2.75, 3.05) is 11.8 Å². The highest BCUT2D eigenvalue weighted by atomic mass is 32.2. The van der Waals surface area contributed by atoms with Crippen molar-refractivity contribution in [2.24, 2.45) is 4.99 Å². The van der Waals surface area contributed by atoms with Crippen molar-refractivity contribution < 1.29 is 18.3 Å². The van der Waals surface area contributed by atoms with Gasteiger partial charge in [0.15, 0.2) is 0 Å². The molecule has 0 saturated carbocycles. The van der Waals surface area contributed by atoms with Gasteiger partial charge in [0.1, 0.15) is 11.4 Å². The predicted octanol–water partition coefficient (Wildman–Crippen LogP) is 5.94. The summed E-state index contributed by atoms with van der Waals surface area (Å²) in [6.45, 7) is 0. The Hall–Kier alpha value is -4.20. The maximum Gasteiger partial charge on any atom is 0.261 e. The second kappa shape index (κ2) is 10.0. The van der Waals surface area contributed by atoms with Crippen molar-refractivity contribution >= 4 is 32.7 Å². The second-order valence-electron chi connectivity index (χ2n) is 8.76. The molecule has 1 unspecified atom stereocenters. The van der Waals surface area contributed by atoms with Crippen molar-refractivity contribution in [3.63, 3.8) is 0 Å². The van der Waals surface area contributed by atoms with Crippen LogP contribution in [0.5, 0.6) is 5.75 Å². The largest absolute Gasteiger partial charge is 0.497 e. The highest BCUT2D eigenvalue weighted by molar-refractivity contribution is 7.92. The Morgan fingerprint density at radius 3 is 2.22 bits per heavy atom. The van der Waals surface area contributed by atoms with Crippen molar-refractivity contribution in [1.82, 2.24) is 0 Å². The first-order valence-electron chi connectivity index (χ1n) is 11.8. The minimum atomic E-state index is -3.83. The minimum absolute atomic E-state index is 0.0914. The molecule has 0 fully saturated rings. The molecule has 1 atom stereocenters. The molecule has 0 heterocycles. The molecule has 0 aromatic heterocycles. The summed E-state index contributed by atoms with van der Waals surface area (Å²) in [5.74, 6) is 0.635. The Kier molecular flexibility index (Phi) is 6.65. The van der Waals surface area contributed by atoms with Crippen LogP contribution in [-0.4, -0.2) is 26.3 Å². The summed E-state index contributed by atoms with van der Waals surface area (Å²) in [6, 6.07) is 32.3. The molecular weight excluding hydrogens is 484 g/mol. The number of benzene rings is 4. The topological polar surface area (TPSA) is 88.0 Å². The molecule has 0 amide bonds. The number of nitrogens with zero attached hydrogens (tertiary/aromatic N) is 1. The first kappa shape index (κ1) is 24.5. The Morgan fingerprint density at radius 1 is 0.865 bits per heavy atom. The lowest BCUT2D eigenvalue weighted by molar-refractivity contribution is 0.113. The number of allylic oxidation sites excluding steroid dienone is 1. The SMILES string of the molecule is COc1ccc(NS(=O)(=O)c2cccc(N=C3C=C(c4ccccc4)C(O)(c4ccccc4)C3)c2)cc1. The molecular formula is C30H26N2O4S. The average molecular weight is 511 g/mol. The van der Waals surface area contributed by atoms with E-state index < -0.39 is 15.6 Å². The van der Waals surface area contributed by atoms with Gasteiger partial charge in [0.2, 0.25) is 0 Å². The van der Waals surface area contributed by atoms with E-state index in [2.05, 4.69) is 4.72 Å². The van der Waals surface area contributed by atoms with E-state index in [1.807, 2.05) is 66.7 Å². The molecule has 6 nitrogen and oxygen atoms in total. The maximum absolute atomic E-state index is 13.0. The number of aliphatic imine (C=N–C) groups is 1. The van der Waals surface area contributed by atoms with E-state index in [0.717, 1.165) is 16.7 Å². The van der Waals surface area contributed by atoms with E-state index in [-0.39, 0.29) is 11.3 Å². The van der Waals surface area contributed by atoms with Gasteiger partial charge in [-0.1, -0.05) is 66.7 Å². The number of sulfonamides is 1. The Balaban J connectivity index is 1.47. The molecule has 1 aliphatic carbocycles. The second-order valence-corrected chi connectivity index (χ2v) is 10.4. The van der Waals surface area contributed by atoms with Crippen LogP contribution >= 0.6 is 0 Å². The summed E-state index contributed by atoms with van der Waals surface area (Å²) < 4.78 is 33.8. The van der Waals surface area contributed by atoms with E-state index in [9.17, 15) is 13.5 Å². The van der Waals surface area contributed by atoms with E-state index >= 15 is 0 Å². The third-order valence-corrected chi connectivity index (χ3v) is 7.65. The van der Waals surface area contributed by atoms with Crippen LogP contribution in [0.15, 0.2) is 125 Å². The summed E-state index contributed by atoms with van der Waals surface area (Å²) >= 11 is 0. The summed E-state index contributed by atoms with van der Waals surface area (Å²) in [5.41, 5.74) is 2.74. The van der Waals surface area contributed by atoms with Crippen molar-refractivity contribution in [3.05, 3.63) is 126 Å². The normalized spacial score (nSPS) is 18.4. The summed E-state index contributed by atoms with van der Waals surface area (Å²) in [5, 5.41) is 11.8. The minimum Gasteiger partial charge on any atom is -0.497 e. The summed E-state index contributed by atoms with van der Waals surface area (Å²) in [4.78, 5) is 4.82. The van der Waals surface area contributed by atoms with Gasteiger partial charge in [0.25, 0.3) is 10.0 Å². The number of hydrogen-bond acceptors (Lipinski definition) is 5. The predicted molar refractivity (Wildman–Crippen MR) is 147 cm³/mol. The van der Waals surface area contributed by atoms with E-state index in [0.29, 0.717) is 22.8 Å². The van der Waals surface area contributed by atoms with E-state index in [1.54, 1.807) is 43.5 Å². The number of hydrogen-bond donors (Lipinski definition) is 2. The third-order valence-electron chi connectivity index (χ3n) is 6.27. The van der Waals surface area contributed by atoms with Crippen LogP contribution in [0.4, 0.5) is 11.4 Å². The molecule has 0 spiro atoms. The van der Waals surface area contributed by atoms with Gasteiger partial charge in [-0.15, -0.1) is 0 Å². The lowest BCUT2D eigenvalue weighted by atomic mass is 9.84. The molecule has 186 valence electrons. The number of ether oxygens (including phenoxy) is 1. The lowest BCUT2D eigenvalue weighted by Crippen LogP contribution is -2.25. The monoisotopic (exact) mass is 510 g/mol. The van der Waals surface area contributed by atoms with Crippen molar-refractivity contribution in [2.45, 2.75) is 16.9 Å². The van der Waals surface area contributed by atoms with Crippen molar-refractivity contribution in [3.8, 4) is 5.75 Å². The van der Waals surface area contributed by atoms with Gasteiger partial charge < -0.3 is 9.84 Å². The van der Waals surface area contributed by atoms with Crippen LogP contribution in [0.25, 0.3) is 5.57 Å². The first-order valence-corrected chi connectivity index (χ1v) is 13.3. The number of rotatable bonds is 7. The molecule has 0 bridgehead atoms.